The van der Waals surface area contributed by atoms with Crippen LogP contribution in [0, 0.1) is 6.07 Å². The van der Waals surface area contributed by atoms with Crippen molar-refractivity contribution in [3.63, 3.8) is 0 Å². The standard InChI is InChI=1S/C34H30N3O2.Pt/c1-21(2)23-15-16-29-27(19-23)28-20-26(22(3)4)33(36-34(28)37(29)30-12-5-6-13-31(30)38)24-10-9-11-25(18-24)39-32-14-7-8-17-35-32;/h5-17,19-22,38H,1-4H3;/q-1;. The van der Waals surface area contributed by atoms with Crippen molar-refractivity contribution in [1.82, 2.24) is 14.5 Å². The van der Waals surface area contributed by atoms with Crippen molar-refractivity contribution in [2.45, 2.75) is 39.5 Å². The van der Waals surface area contributed by atoms with E-state index in [4.69, 9.17) is 9.72 Å². The van der Waals surface area contributed by atoms with Crippen LogP contribution in [0.5, 0.6) is 17.4 Å². The molecule has 40 heavy (non-hydrogen) atoms. The van der Waals surface area contributed by atoms with Gasteiger partial charge in [0.2, 0.25) is 5.88 Å². The van der Waals surface area contributed by atoms with Crippen LogP contribution in [0.15, 0.2) is 91.1 Å². The van der Waals surface area contributed by atoms with Crippen LogP contribution in [0.2, 0.25) is 0 Å². The Hall–Kier alpha value is -3.95. The molecule has 0 atom stereocenters. The van der Waals surface area contributed by atoms with E-state index in [-0.39, 0.29) is 32.7 Å². The Morgan fingerprint density at radius 3 is 2.35 bits per heavy atom. The van der Waals surface area contributed by atoms with Crippen LogP contribution in [-0.4, -0.2) is 19.6 Å². The smallest absolute Gasteiger partial charge is 0.217 e. The number of phenols is 1. The van der Waals surface area contributed by atoms with Crippen molar-refractivity contribution in [3.05, 3.63) is 108 Å². The molecule has 204 valence electrons. The van der Waals surface area contributed by atoms with Crippen LogP contribution < -0.4 is 4.74 Å². The van der Waals surface area contributed by atoms with Gasteiger partial charge in [-0.3, -0.25) is 9.55 Å². The summed E-state index contributed by atoms with van der Waals surface area (Å²) in [6.07, 6.45) is 1.70. The quantitative estimate of drug-likeness (QED) is 0.176. The SMILES string of the molecule is CC(C)c1ccc2c(c1)c1cc(C(C)C)c(-c3[c-]c(Oc4ccccn4)ccc3)nc1n2-c1ccccc1O.[Pt]. The van der Waals surface area contributed by atoms with Gasteiger partial charge < -0.3 is 9.84 Å². The topological polar surface area (TPSA) is 60.2 Å². The first-order valence-corrected chi connectivity index (χ1v) is 13.3. The minimum absolute atomic E-state index is 0. The number of rotatable bonds is 6. The van der Waals surface area contributed by atoms with Crippen LogP contribution in [0.4, 0.5) is 0 Å². The minimum Gasteiger partial charge on any atom is -0.506 e. The zero-order valence-corrected chi connectivity index (χ0v) is 25.1. The van der Waals surface area contributed by atoms with E-state index in [0.29, 0.717) is 23.2 Å². The van der Waals surface area contributed by atoms with Gasteiger partial charge in [-0.25, -0.2) is 4.98 Å². The Morgan fingerprint density at radius 1 is 0.825 bits per heavy atom. The Morgan fingerprint density at radius 2 is 1.62 bits per heavy atom. The van der Waals surface area contributed by atoms with Gasteiger partial charge in [0.15, 0.2) is 0 Å². The average molecular weight is 708 g/mol. The van der Waals surface area contributed by atoms with Crippen molar-refractivity contribution in [2.75, 3.05) is 0 Å². The summed E-state index contributed by atoms with van der Waals surface area (Å²) in [7, 11) is 0. The average Bonchev–Trinajstić information content (AvgIpc) is 3.26. The maximum absolute atomic E-state index is 10.9. The zero-order valence-electron chi connectivity index (χ0n) is 22.8. The number of aromatic nitrogens is 3. The molecule has 1 N–H and O–H groups in total. The van der Waals surface area contributed by atoms with Gasteiger partial charge in [-0.15, -0.1) is 23.8 Å². The minimum atomic E-state index is 0. The van der Waals surface area contributed by atoms with Gasteiger partial charge >= 0.3 is 0 Å². The van der Waals surface area contributed by atoms with Crippen LogP contribution in [0.1, 0.15) is 50.7 Å². The van der Waals surface area contributed by atoms with Gasteiger partial charge in [-0.05, 0) is 53.4 Å². The number of ether oxygens (including phenoxy) is 1. The molecule has 3 aromatic carbocycles. The normalized spacial score (nSPS) is 11.3. The summed E-state index contributed by atoms with van der Waals surface area (Å²) in [5, 5.41) is 13.1. The van der Waals surface area contributed by atoms with E-state index in [9.17, 15) is 5.11 Å². The third-order valence-corrected chi connectivity index (χ3v) is 7.08. The molecule has 0 bridgehead atoms. The second kappa shape index (κ2) is 11.3. The summed E-state index contributed by atoms with van der Waals surface area (Å²) in [6, 6.07) is 31.0. The van der Waals surface area contributed by atoms with Gasteiger partial charge in [0.1, 0.15) is 11.4 Å². The van der Waals surface area contributed by atoms with Gasteiger partial charge in [0.05, 0.1) is 11.2 Å². The van der Waals surface area contributed by atoms with E-state index >= 15 is 0 Å². The van der Waals surface area contributed by atoms with Crippen molar-refractivity contribution >= 4 is 21.9 Å². The van der Waals surface area contributed by atoms with E-state index in [2.05, 4.69) is 67.6 Å². The summed E-state index contributed by atoms with van der Waals surface area (Å²) >= 11 is 0. The van der Waals surface area contributed by atoms with Crippen LogP contribution in [-0.2, 0) is 21.1 Å². The summed E-state index contributed by atoms with van der Waals surface area (Å²) in [6.45, 7) is 8.77. The fourth-order valence-corrected chi connectivity index (χ4v) is 5.04. The molecule has 3 aromatic heterocycles. The third-order valence-electron chi connectivity index (χ3n) is 7.08. The summed E-state index contributed by atoms with van der Waals surface area (Å²) in [5.41, 5.74) is 6.56. The number of aromatic hydroxyl groups is 1. The number of nitrogens with zero attached hydrogens (tertiary/aromatic N) is 3. The Kier molecular flexibility index (Phi) is 7.78. The molecule has 6 aromatic rings. The van der Waals surface area contributed by atoms with Crippen molar-refractivity contribution < 1.29 is 30.9 Å². The predicted molar refractivity (Wildman–Crippen MR) is 157 cm³/mol. The molecule has 0 aliphatic carbocycles. The molecule has 0 aliphatic heterocycles. The predicted octanol–water partition coefficient (Wildman–Crippen LogP) is 8.78. The largest absolute Gasteiger partial charge is 0.506 e. The van der Waals surface area contributed by atoms with E-state index in [1.165, 1.54) is 5.56 Å². The molecule has 0 fully saturated rings. The van der Waals surface area contributed by atoms with Crippen molar-refractivity contribution in [1.29, 1.82) is 0 Å². The van der Waals surface area contributed by atoms with Crippen LogP contribution in [0.3, 0.4) is 0 Å². The van der Waals surface area contributed by atoms with Gasteiger partial charge in [0.25, 0.3) is 0 Å². The first-order chi connectivity index (χ1) is 18.9. The van der Waals surface area contributed by atoms with E-state index < -0.39 is 0 Å². The van der Waals surface area contributed by atoms with E-state index in [1.807, 2.05) is 54.6 Å². The van der Waals surface area contributed by atoms with Crippen LogP contribution >= 0.6 is 0 Å². The second-order valence-corrected chi connectivity index (χ2v) is 10.4. The Bertz CT molecular complexity index is 1810. The fourth-order valence-electron chi connectivity index (χ4n) is 5.04. The van der Waals surface area contributed by atoms with Gasteiger partial charge in [-0.1, -0.05) is 69.7 Å². The summed E-state index contributed by atoms with van der Waals surface area (Å²) < 4.78 is 8.05. The zero-order chi connectivity index (χ0) is 27.1. The molecule has 0 aliphatic rings. The molecule has 0 amide bonds. The van der Waals surface area contributed by atoms with Crippen molar-refractivity contribution in [2.24, 2.45) is 0 Å². The summed E-state index contributed by atoms with van der Waals surface area (Å²) in [5.74, 6) is 1.91. The summed E-state index contributed by atoms with van der Waals surface area (Å²) in [4.78, 5) is 9.57. The number of fused-ring (bicyclic) bond motifs is 3. The molecule has 5 nitrogen and oxygen atoms in total. The molecule has 0 unspecified atom stereocenters. The monoisotopic (exact) mass is 707 g/mol. The van der Waals surface area contributed by atoms with E-state index in [1.54, 1.807) is 12.3 Å². The number of hydrogen-bond donors (Lipinski definition) is 1. The van der Waals surface area contributed by atoms with Crippen molar-refractivity contribution in [3.8, 4) is 34.3 Å². The maximum atomic E-state index is 10.9. The molecule has 6 rings (SSSR count). The molecule has 0 radical (unpaired) electrons. The third kappa shape index (κ3) is 5.02. The number of pyridine rings is 2. The van der Waals surface area contributed by atoms with E-state index in [0.717, 1.165) is 38.8 Å². The molecule has 3 heterocycles. The first-order valence-electron chi connectivity index (χ1n) is 13.3. The number of hydrogen-bond acceptors (Lipinski definition) is 4. The molecular weight excluding hydrogens is 677 g/mol. The second-order valence-electron chi connectivity index (χ2n) is 10.4. The fraction of sp³-hybridized carbons (Fsp3) is 0.176. The number of para-hydroxylation sites is 2. The Balaban J connectivity index is 0.00000323. The molecule has 0 saturated carbocycles. The number of benzene rings is 3. The maximum Gasteiger partial charge on any atom is 0.217 e. The van der Waals surface area contributed by atoms with Gasteiger partial charge in [-0.2, -0.15) is 0 Å². The molecule has 6 heteroatoms. The molecule has 0 saturated heterocycles. The molecule has 0 spiro atoms. The number of phenolic OH excluding ortho intramolecular Hbond substituents is 1. The first kappa shape index (κ1) is 27.6. The van der Waals surface area contributed by atoms with Gasteiger partial charge in [0, 0.05) is 49.9 Å². The Labute approximate surface area is 248 Å². The van der Waals surface area contributed by atoms with Crippen LogP contribution in [0.25, 0.3) is 38.9 Å². The molecular formula is C34H30N3O2Pt-.